The van der Waals surface area contributed by atoms with Gasteiger partial charge in [0.15, 0.2) is 0 Å². The fourth-order valence-electron chi connectivity index (χ4n) is 1.94. The highest BCUT2D eigenvalue weighted by Crippen LogP contribution is 2.09. The number of aromatic nitrogens is 1. The van der Waals surface area contributed by atoms with Gasteiger partial charge >= 0.3 is 5.97 Å². The first kappa shape index (κ1) is 12.1. The highest BCUT2D eigenvalue weighted by atomic mass is 16.4. The second-order valence-corrected chi connectivity index (χ2v) is 4.13. The highest BCUT2D eigenvalue weighted by molar-refractivity contribution is 5.83. The van der Waals surface area contributed by atoms with Crippen LogP contribution in [0.15, 0.2) is 10.6 Å². The lowest BCUT2D eigenvalue weighted by atomic mass is 10.3. The van der Waals surface area contributed by atoms with E-state index in [1.54, 1.807) is 0 Å². The number of hydrogen-bond acceptors (Lipinski definition) is 5. The molecule has 0 bridgehead atoms. The van der Waals surface area contributed by atoms with E-state index in [9.17, 15) is 4.79 Å². The third-order valence-electron chi connectivity index (χ3n) is 3.04. The van der Waals surface area contributed by atoms with Gasteiger partial charge in [-0.1, -0.05) is 6.92 Å². The molecular weight excluding hydrogens is 222 g/mol. The van der Waals surface area contributed by atoms with Crippen LogP contribution in [-0.4, -0.2) is 58.6 Å². The topological polar surface area (TPSA) is 69.8 Å². The van der Waals surface area contributed by atoms with Crippen LogP contribution in [0.4, 0.5) is 0 Å². The first-order valence-corrected chi connectivity index (χ1v) is 5.81. The van der Waals surface area contributed by atoms with Crippen LogP contribution in [0.2, 0.25) is 0 Å². The van der Waals surface area contributed by atoms with Gasteiger partial charge in [0.05, 0.1) is 12.7 Å². The van der Waals surface area contributed by atoms with E-state index in [1.807, 2.05) is 0 Å². The molecule has 0 amide bonds. The number of nitrogens with zero attached hydrogens (tertiary/aromatic N) is 3. The van der Waals surface area contributed by atoms with E-state index in [4.69, 9.17) is 9.52 Å². The minimum atomic E-state index is -1.07. The highest BCUT2D eigenvalue weighted by Gasteiger charge is 2.18. The molecule has 6 nitrogen and oxygen atoms in total. The lowest BCUT2D eigenvalue weighted by molar-refractivity contribution is 0.0655. The van der Waals surface area contributed by atoms with Crippen LogP contribution in [0.5, 0.6) is 0 Å². The summed E-state index contributed by atoms with van der Waals surface area (Å²) < 4.78 is 5.14. The molecule has 0 unspecified atom stereocenters. The molecule has 0 spiro atoms. The number of carboxylic acid groups (broad SMARTS) is 1. The first-order valence-electron chi connectivity index (χ1n) is 5.81. The zero-order valence-corrected chi connectivity index (χ0v) is 9.93. The Labute approximate surface area is 99.8 Å². The number of hydrogen-bond donors (Lipinski definition) is 1. The van der Waals surface area contributed by atoms with Crippen molar-refractivity contribution in [2.75, 3.05) is 32.7 Å². The molecule has 1 aliphatic heterocycles. The number of rotatable bonds is 4. The van der Waals surface area contributed by atoms with Crippen LogP contribution in [0.3, 0.4) is 0 Å². The molecule has 1 aliphatic rings. The van der Waals surface area contributed by atoms with Crippen molar-refractivity contribution in [1.29, 1.82) is 0 Å². The maximum atomic E-state index is 10.6. The molecule has 1 aromatic heterocycles. The Morgan fingerprint density at radius 2 is 2.06 bits per heavy atom. The summed E-state index contributed by atoms with van der Waals surface area (Å²) in [6, 6.07) is 0. The first-order chi connectivity index (χ1) is 8.19. The average Bonchev–Trinajstić information content (AvgIpc) is 2.79. The van der Waals surface area contributed by atoms with Gasteiger partial charge in [-0.25, -0.2) is 9.78 Å². The van der Waals surface area contributed by atoms with E-state index in [2.05, 4.69) is 21.7 Å². The predicted molar refractivity (Wildman–Crippen MR) is 60.9 cm³/mol. The molecule has 1 saturated heterocycles. The minimum Gasteiger partial charge on any atom is -0.475 e. The number of aromatic carboxylic acids is 1. The summed E-state index contributed by atoms with van der Waals surface area (Å²) in [4.78, 5) is 19.2. The van der Waals surface area contributed by atoms with Gasteiger partial charge in [-0.15, -0.1) is 0 Å². The van der Waals surface area contributed by atoms with E-state index in [1.165, 1.54) is 6.20 Å². The largest absolute Gasteiger partial charge is 0.475 e. The van der Waals surface area contributed by atoms with E-state index >= 15 is 0 Å². The fourth-order valence-corrected chi connectivity index (χ4v) is 1.94. The zero-order chi connectivity index (χ0) is 12.3. The van der Waals surface area contributed by atoms with Crippen LogP contribution >= 0.6 is 0 Å². The molecule has 2 rings (SSSR count). The van der Waals surface area contributed by atoms with Crippen molar-refractivity contribution < 1.29 is 14.3 Å². The fraction of sp³-hybridized carbons (Fsp3) is 0.636. The molecule has 1 fully saturated rings. The van der Waals surface area contributed by atoms with Crippen molar-refractivity contribution in [2.24, 2.45) is 0 Å². The third kappa shape index (κ3) is 3.04. The summed E-state index contributed by atoms with van der Waals surface area (Å²) in [6.07, 6.45) is 1.26. The summed E-state index contributed by atoms with van der Waals surface area (Å²) in [5, 5.41) is 8.72. The quantitative estimate of drug-likeness (QED) is 0.825. The Kier molecular flexibility index (Phi) is 3.75. The van der Waals surface area contributed by atoms with Crippen LogP contribution in [0.25, 0.3) is 0 Å². The molecule has 0 saturated carbocycles. The van der Waals surface area contributed by atoms with Crippen molar-refractivity contribution in [1.82, 2.24) is 14.8 Å². The van der Waals surface area contributed by atoms with Gasteiger partial charge < -0.3 is 14.4 Å². The van der Waals surface area contributed by atoms with Crippen molar-refractivity contribution in [3.05, 3.63) is 17.8 Å². The molecule has 2 heterocycles. The maximum absolute atomic E-state index is 10.6. The Hall–Kier alpha value is -1.40. The van der Waals surface area contributed by atoms with E-state index in [-0.39, 0.29) is 5.76 Å². The number of carboxylic acids is 1. The minimum absolute atomic E-state index is 0.0906. The molecule has 1 aromatic rings. The SMILES string of the molecule is CCN1CCN(Cc2ncc(C(=O)O)o2)CC1. The van der Waals surface area contributed by atoms with Crippen molar-refractivity contribution in [2.45, 2.75) is 13.5 Å². The molecule has 0 atom stereocenters. The number of piperazine rings is 1. The van der Waals surface area contributed by atoms with Crippen molar-refractivity contribution in [3.63, 3.8) is 0 Å². The zero-order valence-electron chi connectivity index (χ0n) is 9.93. The predicted octanol–water partition coefficient (Wildman–Crippen LogP) is 0.510. The number of carbonyl (C=O) groups is 1. The van der Waals surface area contributed by atoms with Crippen LogP contribution in [-0.2, 0) is 6.54 Å². The van der Waals surface area contributed by atoms with Crippen molar-refractivity contribution >= 4 is 5.97 Å². The summed E-state index contributed by atoms with van der Waals surface area (Å²) in [5.74, 6) is -0.681. The Bertz CT molecular complexity index is 383. The van der Waals surface area contributed by atoms with Gasteiger partial charge in [0.25, 0.3) is 0 Å². The molecule has 0 radical (unpaired) electrons. The van der Waals surface area contributed by atoms with Gasteiger partial charge in [-0.3, -0.25) is 4.90 Å². The molecule has 17 heavy (non-hydrogen) atoms. The lowest BCUT2D eigenvalue weighted by Gasteiger charge is -2.33. The summed E-state index contributed by atoms with van der Waals surface area (Å²) in [7, 11) is 0. The van der Waals surface area contributed by atoms with E-state index < -0.39 is 5.97 Å². The molecule has 0 aromatic carbocycles. The molecule has 1 N–H and O–H groups in total. The molecule has 6 heteroatoms. The summed E-state index contributed by atoms with van der Waals surface area (Å²) in [5.41, 5.74) is 0. The summed E-state index contributed by atoms with van der Waals surface area (Å²) >= 11 is 0. The van der Waals surface area contributed by atoms with Crippen LogP contribution < -0.4 is 0 Å². The standard InChI is InChI=1S/C11H17N3O3/c1-2-13-3-5-14(6-4-13)8-10-12-7-9(17-10)11(15)16/h7H,2-6,8H2,1H3,(H,15,16). The molecular formula is C11H17N3O3. The number of oxazole rings is 1. The summed E-state index contributed by atoms with van der Waals surface area (Å²) in [6.45, 7) is 7.85. The van der Waals surface area contributed by atoms with Crippen LogP contribution in [0.1, 0.15) is 23.4 Å². The Balaban J connectivity index is 1.86. The Morgan fingerprint density at radius 3 is 2.59 bits per heavy atom. The van der Waals surface area contributed by atoms with Gasteiger partial charge in [0.1, 0.15) is 0 Å². The van der Waals surface area contributed by atoms with Gasteiger partial charge in [0.2, 0.25) is 11.7 Å². The third-order valence-corrected chi connectivity index (χ3v) is 3.04. The van der Waals surface area contributed by atoms with Crippen molar-refractivity contribution in [3.8, 4) is 0 Å². The lowest BCUT2D eigenvalue weighted by Crippen LogP contribution is -2.45. The van der Waals surface area contributed by atoms with Gasteiger partial charge in [0, 0.05) is 26.2 Å². The second kappa shape index (κ2) is 5.29. The monoisotopic (exact) mass is 239 g/mol. The average molecular weight is 239 g/mol. The second-order valence-electron chi connectivity index (χ2n) is 4.13. The number of likely N-dealkylation sites (N-methyl/N-ethyl adjacent to an activating group) is 1. The normalized spacial score (nSPS) is 18.4. The van der Waals surface area contributed by atoms with Gasteiger partial charge in [-0.2, -0.15) is 0 Å². The van der Waals surface area contributed by atoms with Gasteiger partial charge in [-0.05, 0) is 6.54 Å². The smallest absolute Gasteiger partial charge is 0.373 e. The van der Waals surface area contributed by atoms with E-state index in [0.29, 0.717) is 12.4 Å². The molecule has 0 aliphatic carbocycles. The van der Waals surface area contributed by atoms with E-state index in [0.717, 1.165) is 32.7 Å². The van der Waals surface area contributed by atoms with Crippen LogP contribution in [0, 0.1) is 0 Å². The Morgan fingerprint density at radius 1 is 1.41 bits per heavy atom. The maximum Gasteiger partial charge on any atom is 0.373 e. The molecule has 94 valence electrons.